The van der Waals surface area contributed by atoms with Crippen LogP contribution in [0, 0.1) is 11.8 Å². The molecule has 1 spiro atoms. The number of fused-ring (bicyclic) bond motifs is 4. The predicted molar refractivity (Wildman–Crippen MR) is 94.3 cm³/mol. The summed E-state index contributed by atoms with van der Waals surface area (Å²) < 4.78 is 5.03. The van der Waals surface area contributed by atoms with Crippen LogP contribution in [0.15, 0.2) is 18.2 Å². The van der Waals surface area contributed by atoms with Crippen LogP contribution in [0.1, 0.15) is 25.0 Å². The van der Waals surface area contributed by atoms with Crippen LogP contribution in [0.4, 0.5) is 5.69 Å². The van der Waals surface area contributed by atoms with E-state index < -0.39 is 17.4 Å². The van der Waals surface area contributed by atoms with Crippen LogP contribution in [0.3, 0.4) is 0 Å². The van der Waals surface area contributed by atoms with Gasteiger partial charge in [-0.3, -0.25) is 24.6 Å². The number of benzene rings is 1. The van der Waals surface area contributed by atoms with Gasteiger partial charge in [-0.1, -0.05) is 25.1 Å². The summed E-state index contributed by atoms with van der Waals surface area (Å²) in [7, 11) is 1.53. The van der Waals surface area contributed by atoms with E-state index in [2.05, 4.69) is 10.6 Å². The van der Waals surface area contributed by atoms with Crippen LogP contribution in [0.5, 0.6) is 0 Å². The average molecular weight is 357 g/mol. The molecular weight excluding hydrogens is 334 g/mol. The molecule has 0 bridgehead atoms. The predicted octanol–water partition coefficient (Wildman–Crippen LogP) is 0.636. The molecule has 3 aliphatic heterocycles. The summed E-state index contributed by atoms with van der Waals surface area (Å²) in [5.74, 6) is -2.03. The Morgan fingerprint density at radius 3 is 2.69 bits per heavy atom. The zero-order valence-corrected chi connectivity index (χ0v) is 15.2. The molecular formula is C19H23N3O4. The van der Waals surface area contributed by atoms with Crippen molar-refractivity contribution in [1.82, 2.24) is 10.2 Å². The molecule has 1 aromatic rings. The number of hydrogen-bond acceptors (Lipinski definition) is 5. The van der Waals surface area contributed by atoms with Gasteiger partial charge in [0.15, 0.2) is 0 Å². The number of nitrogens with zero attached hydrogens (tertiary/aromatic N) is 1. The summed E-state index contributed by atoms with van der Waals surface area (Å²) in [4.78, 5) is 40.4. The molecule has 2 fully saturated rings. The fourth-order valence-electron chi connectivity index (χ4n) is 4.81. The van der Waals surface area contributed by atoms with Gasteiger partial charge in [-0.05, 0) is 18.9 Å². The normalized spacial score (nSPS) is 32.3. The number of carbonyl (C=O) groups excluding carboxylic acids is 3. The number of para-hydroxylation sites is 1. The highest BCUT2D eigenvalue weighted by molar-refractivity contribution is 6.15. The average Bonchev–Trinajstić information content (AvgIpc) is 3.18. The van der Waals surface area contributed by atoms with Gasteiger partial charge in [0.25, 0.3) is 0 Å². The highest BCUT2D eigenvalue weighted by Gasteiger charge is 2.69. The molecule has 3 heterocycles. The molecule has 0 radical (unpaired) electrons. The topological polar surface area (TPSA) is 87.7 Å². The first kappa shape index (κ1) is 17.2. The van der Waals surface area contributed by atoms with Crippen LogP contribution >= 0.6 is 0 Å². The standard InChI is InChI=1S/C19H23N3O4/c1-4-11-6-5-7-12-15(11)20-18(25)19(12)14-13(10(2)21-19)16(23)22(17(14)24)8-9-26-3/h5-7,10,13-14,21H,4,8-9H2,1-3H3,(H,20,25). The van der Waals surface area contributed by atoms with E-state index in [-0.39, 0.29) is 36.9 Å². The number of nitrogens with one attached hydrogen (secondary N) is 2. The summed E-state index contributed by atoms with van der Waals surface area (Å²) in [5.41, 5.74) is 1.39. The number of carbonyl (C=O) groups is 3. The minimum absolute atomic E-state index is 0.216. The van der Waals surface area contributed by atoms with Crippen LogP contribution in [-0.2, 0) is 31.1 Å². The van der Waals surface area contributed by atoms with E-state index in [0.717, 1.165) is 23.2 Å². The first-order valence-corrected chi connectivity index (χ1v) is 9.03. The van der Waals surface area contributed by atoms with E-state index in [0.29, 0.717) is 0 Å². The zero-order valence-electron chi connectivity index (χ0n) is 15.2. The number of ether oxygens (including phenoxy) is 1. The SMILES string of the molecule is CCc1cccc2c1NC(=O)C21NC(C)C2C(=O)N(CCOC)C(=O)C21. The van der Waals surface area contributed by atoms with E-state index in [1.807, 2.05) is 32.0 Å². The Morgan fingerprint density at radius 2 is 2.00 bits per heavy atom. The number of aryl methyl sites for hydroxylation is 1. The van der Waals surface area contributed by atoms with E-state index in [9.17, 15) is 14.4 Å². The van der Waals surface area contributed by atoms with Gasteiger partial charge in [0.1, 0.15) is 5.54 Å². The van der Waals surface area contributed by atoms with Gasteiger partial charge in [0.2, 0.25) is 17.7 Å². The number of anilines is 1. The fraction of sp³-hybridized carbons (Fsp3) is 0.526. The lowest BCUT2D eigenvalue weighted by Crippen LogP contribution is -2.53. The molecule has 4 unspecified atom stereocenters. The Kier molecular flexibility index (Phi) is 3.89. The molecule has 1 aromatic carbocycles. The minimum atomic E-state index is -1.18. The maximum atomic E-state index is 13.1. The van der Waals surface area contributed by atoms with Crippen molar-refractivity contribution in [3.63, 3.8) is 0 Å². The number of imide groups is 1. The summed E-state index contributed by atoms with van der Waals surface area (Å²) in [6, 6.07) is 5.49. The largest absolute Gasteiger partial charge is 0.383 e. The number of likely N-dealkylation sites (tertiary alicyclic amines) is 1. The van der Waals surface area contributed by atoms with Gasteiger partial charge in [-0.25, -0.2) is 0 Å². The zero-order chi connectivity index (χ0) is 18.6. The molecule has 7 heteroatoms. The first-order chi connectivity index (χ1) is 12.5. The number of hydrogen-bond donors (Lipinski definition) is 2. The van der Waals surface area contributed by atoms with Gasteiger partial charge < -0.3 is 10.1 Å². The van der Waals surface area contributed by atoms with E-state index >= 15 is 0 Å². The summed E-state index contributed by atoms with van der Waals surface area (Å²) >= 11 is 0. The number of rotatable bonds is 4. The van der Waals surface area contributed by atoms with Gasteiger partial charge in [0, 0.05) is 24.4 Å². The molecule has 4 atom stereocenters. The second kappa shape index (κ2) is 5.89. The van der Waals surface area contributed by atoms with Crippen LogP contribution < -0.4 is 10.6 Å². The molecule has 3 aliphatic rings. The summed E-state index contributed by atoms with van der Waals surface area (Å²) in [6.07, 6.45) is 0.774. The van der Waals surface area contributed by atoms with Crippen LogP contribution in [0.25, 0.3) is 0 Å². The van der Waals surface area contributed by atoms with Crippen molar-refractivity contribution in [3.8, 4) is 0 Å². The third kappa shape index (κ3) is 1.98. The molecule has 3 amide bonds. The second-order valence-electron chi connectivity index (χ2n) is 7.21. The molecule has 0 saturated carbocycles. The van der Waals surface area contributed by atoms with Crippen molar-refractivity contribution < 1.29 is 19.1 Å². The van der Waals surface area contributed by atoms with Crippen molar-refractivity contribution >= 4 is 23.4 Å². The van der Waals surface area contributed by atoms with E-state index in [1.54, 1.807) is 0 Å². The lowest BCUT2D eigenvalue weighted by molar-refractivity contribution is -0.143. The van der Waals surface area contributed by atoms with Crippen LogP contribution in [-0.4, -0.2) is 48.9 Å². The summed E-state index contributed by atoms with van der Waals surface area (Å²) in [5, 5.41) is 6.28. The third-order valence-corrected chi connectivity index (χ3v) is 5.98. The molecule has 138 valence electrons. The van der Waals surface area contributed by atoms with E-state index in [1.165, 1.54) is 12.0 Å². The van der Waals surface area contributed by atoms with Crippen molar-refractivity contribution in [2.45, 2.75) is 31.8 Å². The number of amides is 3. The van der Waals surface area contributed by atoms with Crippen LogP contribution in [0.2, 0.25) is 0 Å². The highest BCUT2D eigenvalue weighted by atomic mass is 16.5. The van der Waals surface area contributed by atoms with Gasteiger partial charge in [-0.2, -0.15) is 0 Å². The Bertz CT molecular complexity index is 808. The minimum Gasteiger partial charge on any atom is -0.383 e. The molecule has 26 heavy (non-hydrogen) atoms. The molecule has 7 nitrogen and oxygen atoms in total. The highest BCUT2D eigenvalue weighted by Crippen LogP contribution is 2.53. The maximum Gasteiger partial charge on any atom is 0.250 e. The molecule has 2 N–H and O–H groups in total. The quantitative estimate of drug-likeness (QED) is 0.772. The molecule has 0 aromatic heterocycles. The lowest BCUT2D eigenvalue weighted by atomic mass is 9.76. The molecule has 4 rings (SSSR count). The van der Waals surface area contributed by atoms with Crippen molar-refractivity contribution in [3.05, 3.63) is 29.3 Å². The maximum absolute atomic E-state index is 13.1. The fourth-order valence-corrected chi connectivity index (χ4v) is 4.81. The summed E-state index contributed by atoms with van der Waals surface area (Å²) in [6.45, 7) is 4.39. The molecule has 0 aliphatic carbocycles. The smallest absolute Gasteiger partial charge is 0.250 e. The van der Waals surface area contributed by atoms with Gasteiger partial charge in [0.05, 0.1) is 25.0 Å². The Morgan fingerprint density at radius 1 is 1.23 bits per heavy atom. The molecule has 2 saturated heterocycles. The van der Waals surface area contributed by atoms with Gasteiger partial charge in [-0.15, -0.1) is 0 Å². The first-order valence-electron chi connectivity index (χ1n) is 9.03. The van der Waals surface area contributed by atoms with Crippen molar-refractivity contribution in [1.29, 1.82) is 0 Å². The third-order valence-electron chi connectivity index (χ3n) is 5.98. The van der Waals surface area contributed by atoms with Crippen molar-refractivity contribution in [2.24, 2.45) is 11.8 Å². The van der Waals surface area contributed by atoms with E-state index in [4.69, 9.17) is 4.74 Å². The van der Waals surface area contributed by atoms with Gasteiger partial charge >= 0.3 is 0 Å². The lowest BCUT2D eigenvalue weighted by Gasteiger charge is -2.29. The Balaban J connectivity index is 1.83. The number of methoxy groups -OCH3 is 1. The monoisotopic (exact) mass is 357 g/mol. The second-order valence-corrected chi connectivity index (χ2v) is 7.21. The Hall–Kier alpha value is -2.25. The van der Waals surface area contributed by atoms with Crippen molar-refractivity contribution in [2.75, 3.05) is 25.6 Å². The Labute approximate surface area is 152 Å².